The zero-order valence-electron chi connectivity index (χ0n) is 18.8. The molecular formula is C24H32N2O5. The number of aryl methyl sites for hydroxylation is 1. The molecule has 1 saturated heterocycles. The summed E-state index contributed by atoms with van der Waals surface area (Å²) in [5, 5.41) is 0. The fraction of sp³-hybridized carbons (Fsp3) is 0.458. The van der Waals surface area contributed by atoms with E-state index in [4.69, 9.17) is 18.9 Å². The number of benzene rings is 2. The van der Waals surface area contributed by atoms with Crippen LogP contribution in [0.25, 0.3) is 0 Å². The molecule has 0 bridgehead atoms. The summed E-state index contributed by atoms with van der Waals surface area (Å²) in [5.74, 6) is 2.87. The van der Waals surface area contributed by atoms with Crippen LogP contribution in [-0.2, 0) is 11.3 Å². The van der Waals surface area contributed by atoms with Crippen molar-refractivity contribution in [3.8, 4) is 23.0 Å². The molecule has 1 aliphatic rings. The number of ether oxygens (including phenoxy) is 4. The van der Waals surface area contributed by atoms with Gasteiger partial charge in [-0.1, -0.05) is 23.8 Å². The lowest BCUT2D eigenvalue weighted by Gasteiger charge is -2.35. The van der Waals surface area contributed by atoms with Gasteiger partial charge in [0.2, 0.25) is 11.7 Å². The van der Waals surface area contributed by atoms with Crippen molar-refractivity contribution in [2.24, 2.45) is 0 Å². The zero-order valence-corrected chi connectivity index (χ0v) is 18.8. The molecule has 0 saturated carbocycles. The van der Waals surface area contributed by atoms with Crippen LogP contribution >= 0.6 is 0 Å². The van der Waals surface area contributed by atoms with Crippen LogP contribution in [0.1, 0.15) is 17.5 Å². The average Bonchev–Trinajstić information content (AvgIpc) is 2.80. The summed E-state index contributed by atoms with van der Waals surface area (Å²) in [6.07, 6.45) is 0.386. The van der Waals surface area contributed by atoms with Gasteiger partial charge in [-0.2, -0.15) is 0 Å². The predicted molar refractivity (Wildman–Crippen MR) is 119 cm³/mol. The number of piperazine rings is 1. The molecule has 0 spiro atoms. The summed E-state index contributed by atoms with van der Waals surface area (Å²) in [7, 11) is 4.85. The van der Waals surface area contributed by atoms with E-state index in [2.05, 4.69) is 4.90 Å². The first-order valence-electron chi connectivity index (χ1n) is 10.5. The lowest BCUT2D eigenvalue weighted by atomic mass is 10.1. The summed E-state index contributed by atoms with van der Waals surface area (Å²) in [6.45, 7) is 6.18. The molecule has 1 fully saturated rings. The quantitative estimate of drug-likeness (QED) is 0.612. The largest absolute Gasteiger partial charge is 0.493 e. The highest BCUT2D eigenvalue weighted by molar-refractivity contribution is 5.76. The van der Waals surface area contributed by atoms with Gasteiger partial charge in [0.05, 0.1) is 34.4 Å². The van der Waals surface area contributed by atoms with Gasteiger partial charge < -0.3 is 23.8 Å². The summed E-state index contributed by atoms with van der Waals surface area (Å²) in [6, 6.07) is 11.8. The van der Waals surface area contributed by atoms with Gasteiger partial charge in [-0.3, -0.25) is 9.69 Å². The molecule has 3 rings (SSSR count). The van der Waals surface area contributed by atoms with Crippen LogP contribution in [0.15, 0.2) is 36.4 Å². The first-order valence-corrected chi connectivity index (χ1v) is 10.5. The smallest absolute Gasteiger partial charge is 0.226 e. The first-order chi connectivity index (χ1) is 15.0. The Balaban J connectivity index is 1.48. The fourth-order valence-electron chi connectivity index (χ4n) is 3.73. The van der Waals surface area contributed by atoms with Crippen LogP contribution in [0.5, 0.6) is 23.0 Å². The Morgan fingerprint density at radius 2 is 1.55 bits per heavy atom. The Bertz CT molecular complexity index is 861. The van der Waals surface area contributed by atoms with Crippen LogP contribution < -0.4 is 18.9 Å². The molecule has 0 aliphatic carbocycles. The number of carbonyl (C=O) groups is 1. The predicted octanol–water partition coefficient (Wildman–Crippen LogP) is 3.13. The molecule has 0 aromatic heterocycles. The van der Waals surface area contributed by atoms with Gasteiger partial charge in [0.15, 0.2) is 11.5 Å². The molecular weight excluding hydrogens is 396 g/mol. The molecule has 0 atom stereocenters. The van der Waals surface area contributed by atoms with E-state index in [0.29, 0.717) is 43.4 Å². The topological polar surface area (TPSA) is 60.5 Å². The summed E-state index contributed by atoms with van der Waals surface area (Å²) in [5.41, 5.74) is 2.22. The van der Waals surface area contributed by atoms with E-state index in [-0.39, 0.29) is 5.91 Å². The number of carbonyl (C=O) groups excluding carboxylic acids is 1. The first kappa shape index (κ1) is 22.7. The van der Waals surface area contributed by atoms with Crippen LogP contribution in [0.4, 0.5) is 0 Å². The maximum absolute atomic E-state index is 12.5. The zero-order chi connectivity index (χ0) is 22.2. The van der Waals surface area contributed by atoms with E-state index < -0.39 is 0 Å². The second-order valence-electron chi connectivity index (χ2n) is 7.56. The molecule has 1 aliphatic heterocycles. The van der Waals surface area contributed by atoms with Gasteiger partial charge in [-0.15, -0.1) is 0 Å². The molecule has 1 amide bonds. The second kappa shape index (κ2) is 10.9. The minimum atomic E-state index is 0.135. The highest BCUT2D eigenvalue weighted by Gasteiger charge is 2.23. The van der Waals surface area contributed by atoms with Crippen LogP contribution in [0.2, 0.25) is 0 Å². The normalized spacial score (nSPS) is 14.3. The third kappa shape index (κ3) is 5.82. The van der Waals surface area contributed by atoms with Gasteiger partial charge in [-0.25, -0.2) is 0 Å². The molecule has 2 aromatic rings. The van der Waals surface area contributed by atoms with E-state index in [1.165, 1.54) is 5.56 Å². The van der Waals surface area contributed by atoms with Crippen molar-refractivity contribution >= 4 is 5.91 Å². The van der Waals surface area contributed by atoms with E-state index >= 15 is 0 Å². The van der Waals surface area contributed by atoms with Crippen LogP contribution in [0, 0.1) is 6.92 Å². The SMILES string of the molecule is COc1ccc(CN2CCN(C(=O)CCOc3ccc(C)cc3)CC2)c(OC)c1OC. The molecule has 31 heavy (non-hydrogen) atoms. The number of rotatable bonds is 9. The monoisotopic (exact) mass is 428 g/mol. The lowest BCUT2D eigenvalue weighted by Crippen LogP contribution is -2.48. The van der Waals surface area contributed by atoms with Gasteiger partial charge in [0.1, 0.15) is 5.75 Å². The number of methoxy groups -OCH3 is 3. The van der Waals surface area contributed by atoms with Crippen LogP contribution in [0.3, 0.4) is 0 Å². The molecule has 7 heteroatoms. The molecule has 0 radical (unpaired) electrons. The number of amides is 1. The lowest BCUT2D eigenvalue weighted by molar-refractivity contribution is -0.133. The maximum Gasteiger partial charge on any atom is 0.226 e. The van der Waals surface area contributed by atoms with Crippen molar-refractivity contribution < 1.29 is 23.7 Å². The van der Waals surface area contributed by atoms with Gasteiger partial charge in [-0.05, 0) is 25.1 Å². The van der Waals surface area contributed by atoms with Crippen molar-refractivity contribution in [2.75, 3.05) is 54.1 Å². The van der Waals surface area contributed by atoms with Crippen LogP contribution in [-0.4, -0.2) is 69.8 Å². The molecule has 0 N–H and O–H groups in total. The Morgan fingerprint density at radius 3 is 2.16 bits per heavy atom. The Hall–Kier alpha value is -2.93. The second-order valence-corrected chi connectivity index (χ2v) is 7.56. The number of hydrogen-bond acceptors (Lipinski definition) is 6. The highest BCUT2D eigenvalue weighted by atomic mass is 16.5. The minimum Gasteiger partial charge on any atom is -0.493 e. The summed E-state index contributed by atoms with van der Waals surface area (Å²) >= 11 is 0. The minimum absolute atomic E-state index is 0.135. The van der Waals surface area contributed by atoms with Crippen molar-refractivity contribution in [1.82, 2.24) is 9.80 Å². The molecule has 2 aromatic carbocycles. The van der Waals surface area contributed by atoms with E-state index in [1.54, 1.807) is 21.3 Å². The van der Waals surface area contributed by atoms with E-state index in [0.717, 1.165) is 30.9 Å². The average molecular weight is 429 g/mol. The maximum atomic E-state index is 12.5. The molecule has 0 unspecified atom stereocenters. The Labute approximate surface area is 184 Å². The van der Waals surface area contributed by atoms with Gasteiger partial charge in [0, 0.05) is 38.3 Å². The van der Waals surface area contributed by atoms with Crippen molar-refractivity contribution in [3.63, 3.8) is 0 Å². The Morgan fingerprint density at radius 1 is 0.871 bits per heavy atom. The Kier molecular flexibility index (Phi) is 8.00. The van der Waals surface area contributed by atoms with Crippen molar-refractivity contribution in [2.45, 2.75) is 19.9 Å². The van der Waals surface area contributed by atoms with Gasteiger partial charge >= 0.3 is 0 Å². The van der Waals surface area contributed by atoms with E-state index in [1.807, 2.05) is 48.2 Å². The molecule has 7 nitrogen and oxygen atoms in total. The number of hydrogen-bond donors (Lipinski definition) is 0. The third-order valence-electron chi connectivity index (χ3n) is 5.51. The van der Waals surface area contributed by atoms with Crippen molar-refractivity contribution in [3.05, 3.63) is 47.5 Å². The third-order valence-corrected chi connectivity index (χ3v) is 5.51. The van der Waals surface area contributed by atoms with E-state index in [9.17, 15) is 4.79 Å². The summed E-state index contributed by atoms with van der Waals surface area (Å²) in [4.78, 5) is 16.8. The van der Waals surface area contributed by atoms with Gasteiger partial charge in [0.25, 0.3) is 0 Å². The molecule has 1 heterocycles. The highest BCUT2D eigenvalue weighted by Crippen LogP contribution is 2.40. The fourth-order valence-corrected chi connectivity index (χ4v) is 3.73. The standard InChI is InChI=1S/C24H32N2O5/c1-18-5-8-20(9-6-18)31-16-11-22(27)26-14-12-25(13-15-26)17-19-7-10-21(28-2)24(30-4)23(19)29-3/h5-10H,11-17H2,1-4H3. The molecule has 168 valence electrons. The number of nitrogens with zero attached hydrogens (tertiary/aromatic N) is 2. The van der Waals surface area contributed by atoms with Crippen molar-refractivity contribution in [1.29, 1.82) is 0 Å². The summed E-state index contributed by atoms with van der Waals surface area (Å²) < 4.78 is 22.1.